The summed E-state index contributed by atoms with van der Waals surface area (Å²) in [5, 5.41) is 9.87. The van der Waals surface area contributed by atoms with Crippen LogP contribution in [0.3, 0.4) is 0 Å². The van der Waals surface area contributed by atoms with E-state index in [1.807, 2.05) is 4.68 Å². The zero-order valence-electron chi connectivity index (χ0n) is 12.6. The van der Waals surface area contributed by atoms with Crippen LogP contribution in [-0.4, -0.2) is 24.9 Å². The zero-order chi connectivity index (χ0) is 15.8. The van der Waals surface area contributed by atoms with E-state index in [4.69, 9.17) is 15.4 Å². The highest BCUT2D eigenvalue weighted by atomic mass is 127. The van der Waals surface area contributed by atoms with Crippen LogP contribution in [0.5, 0.6) is 0 Å². The first-order valence-corrected chi connectivity index (χ1v) is 8.81. The molecular formula is C15H15IN6O. The molecule has 0 unspecified atom stereocenters. The van der Waals surface area contributed by atoms with Crippen LogP contribution in [0.2, 0.25) is 0 Å². The number of nitrogen functional groups attached to an aromatic ring is 1. The summed E-state index contributed by atoms with van der Waals surface area (Å²) < 4.78 is 8.60. The maximum absolute atomic E-state index is 6.14. The SMILES string of the molecule is CC1(n2nc(-c3noc(C4CC4)c3I)c3c(N)ncnc32)CC1. The van der Waals surface area contributed by atoms with E-state index in [0.29, 0.717) is 11.7 Å². The highest BCUT2D eigenvalue weighted by molar-refractivity contribution is 14.1. The van der Waals surface area contributed by atoms with Crippen molar-refractivity contribution in [3.05, 3.63) is 15.7 Å². The van der Waals surface area contributed by atoms with E-state index in [0.717, 1.165) is 44.6 Å². The first kappa shape index (κ1) is 13.7. The lowest BCUT2D eigenvalue weighted by Crippen LogP contribution is -2.14. The van der Waals surface area contributed by atoms with Crippen LogP contribution in [0.1, 0.15) is 44.3 Å². The van der Waals surface area contributed by atoms with E-state index in [1.165, 1.54) is 19.2 Å². The van der Waals surface area contributed by atoms with Gasteiger partial charge in [0.15, 0.2) is 11.4 Å². The first-order valence-electron chi connectivity index (χ1n) is 7.73. The number of hydrogen-bond donors (Lipinski definition) is 1. The van der Waals surface area contributed by atoms with Gasteiger partial charge in [-0.1, -0.05) is 5.16 Å². The van der Waals surface area contributed by atoms with Crippen LogP contribution in [0.15, 0.2) is 10.9 Å². The van der Waals surface area contributed by atoms with Crippen molar-refractivity contribution in [2.24, 2.45) is 0 Å². The van der Waals surface area contributed by atoms with Gasteiger partial charge >= 0.3 is 0 Å². The Hall–Kier alpha value is -1.71. The largest absolute Gasteiger partial charge is 0.383 e. The minimum Gasteiger partial charge on any atom is -0.383 e. The van der Waals surface area contributed by atoms with Gasteiger partial charge in [-0.2, -0.15) is 5.10 Å². The molecule has 0 aromatic carbocycles. The summed E-state index contributed by atoms with van der Waals surface area (Å²) in [4.78, 5) is 8.57. The molecule has 8 heteroatoms. The smallest absolute Gasteiger partial charge is 0.164 e. The Balaban J connectivity index is 1.78. The van der Waals surface area contributed by atoms with Crippen molar-refractivity contribution in [3.8, 4) is 11.4 Å². The molecular weight excluding hydrogens is 407 g/mol. The third kappa shape index (κ3) is 1.93. The molecule has 23 heavy (non-hydrogen) atoms. The predicted octanol–water partition coefficient (Wildman–Crippen LogP) is 3.05. The summed E-state index contributed by atoms with van der Waals surface area (Å²) in [6.45, 7) is 2.19. The fourth-order valence-electron chi connectivity index (χ4n) is 2.95. The predicted molar refractivity (Wildman–Crippen MR) is 92.8 cm³/mol. The van der Waals surface area contributed by atoms with Crippen molar-refractivity contribution >= 4 is 39.4 Å². The van der Waals surface area contributed by atoms with Gasteiger partial charge in [0.05, 0.1) is 14.5 Å². The molecule has 2 saturated carbocycles. The van der Waals surface area contributed by atoms with Crippen LogP contribution >= 0.6 is 22.6 Å². The summed E-state index contributed by atoms with van der Waals surface area (Å²) in [6, 6.07) is 0. The lowest BCUT2D eigenvalue weighted by molar-refractivity contribution is 0.385. The van der Waals surface area contributed by atoms with Gasteiger partial charge < -0.3 is 10.3 Å². The normalized spacial score (nSPS) is 19.4. The molecule has 0 bridgehead atoms. The molecule has 3 heterocycles. The van der Waals surface area contributed by atoms with E-state index in [9.17, 15) is 0 Å². The van der Waals surface area contributed by atoms with Crippen LogP contribution < -0.4 is 5.73 Å². The highest BCUT2D eigenvalue weighted by Crippen LogP contribution is 2.47. The molecule has 2 aliphatic carbocycles. The quantitative estimate of drug-likeness (QED) is 0.652. The van der Waals surface area contributed by atoms with Gasteiger partial charge in [0.25, 0.3) is 0 Å². The van der Waals surface area contributed by atoms with E-state index in [1.54, 1.807) is 0 Å². The van der Waals surface area contributed by atoms with Crippen molar-refractivity contribution in [2.75, 3.05) is 5.73 Å². The molecule has 7 nitrogen and oxygen atoms in total. The molecule has 0 atom stereocenters. The molecule has 2 N–H and O–H groups in total. The minimum absolute atomic E-state index is 0.0196. The Kier molecular flexibility index (Phi) is 2.64. The number of nitrogens with zero attached hydrogens (tertiary/aromatic N) is 5. The molecule has 0 aliphatic heterocycles. The van der Waals surface area contributed by atoms with E-state index < -0.39 is 0 Å². The maximum Gasteiger partial charge on any atom is 0.164 e. The molecule has 5 rings (SSSR count). The Labute approximate surface area is 145 Å². The summed E-state index contributed by atoms with van der Waals surface area (Å²) in [5.41, 5.74) is 8.41. The lowest BCUT2D eigenvalue weighted by atomic mass is 10.2. The average Bonchev–Trinajstić information content (AvgIpc) is 3.43. The fraction of sp³-hybridized carbons (Fsp3) is 0.467. The van der Waals surface area contributed by atoms with Crippen LogP contribution in [0.4, 0.5) is 5.82 Å². The Morgan fingerprint density at radius 2 is 2.09 bits per heavy atom. The van der Waals surface area contributed by atoms with Gasteiger partial charge in [0, 0.05) is 5.92 Å². The number of anilines is 1. The lowest BCUT2D eigenvalue weighted by Gasteiger charge is -2.09. The molecule has 0 saturated heterocycles. The Morgan fingerprint density at radius 1 is 1.30 bits per heavy atom. The number of fused-ring (bicyclic) bond motifs is 1. The van der Waals surface area contributed by atoms with Crippen LogP contribution in [-0.2, 0) is 5.54 Å². The summed E-state index contributed by atoms with van der Waals surface area (Å²) in [5.74, 6) is 1.91. The van der Waals surface area contributed by atoms with Gasteiger partial charge in [-0.15, -0.1) is 0 Å². The minimum atomic E-state index is 0.0196. The zero-order valence-corrected chi connectivity index (χ0v) is 14.7. The summed E-state index contributed by atoms with van der Waals surface area (Å²) in [6.07, 6.45) is 6.02. The van der Waals surface area contributed by atoms with E-state index in [2.05, 4.69) is 44.6 Å². The third-order valence-corrected chi connectivity index (χ3v) is 5.85. The second-order valence-corrected chi connectivity index (χ2v) is 7.78. The van der Waals surface area contributed by atoms with Crippen molar-refractivity contribution in [1.82, 2.24) is 24.9 Å². The van der Waals surface area contributed by atoms with E-state index >= 15 is 0 Å². The number of hydrogen-bond acceptors (Lipinski definition) is 6. The standard InChI is InChI=1S/C15H15IN6O/c1-15(4-5-15)22-14-8(13(17)18-6-19-14)10(20-22)11-9(16)12(23-21-11)7-2-3-7/h6-7H,2-5H2,1H3,(H2,17,18,19). The van der Waals surface area contributed by atoms with Crippen molar-refractivity contribution in [2.45, 2.75) is 44.1 Å². The second-order valence-electron chi connectivity index (χ2n) is 6.70. The molecule has 118 valence electrons. The molecule has 0 amide bonds. The Bertz CT molecular complexity index is 937. The summed E-state index contributed by atoms with van der Waals surface area (Å²) in [7, 11) is 0. The van der Waals surface area contributed by atoms with Gasteiger partial charge in [-0.25, -0.2) is 14.6 Å². The molecule has 0 spiro atoms. The molecule has 2 fully saturated rings. The second kappa shape index (κ2) is 4.43. The van der Waals surface area contributed by atoms with Gasteiger partial charge in [0.2, 0.25) is 0 Å². The Morgan fingerprint density at radius 3 is 2.78 bits per heavy atom. The van der Waals surface area contributed by atoms with Gasteiger partial charge in [-0.05, 0) is 55.2 Å². The number of nitrogens with two attached hydrogens (primary N) is 1. The van der Waals surface area contributed by atoms with Crippen LogP contribution in [0.25, 0.3) is 22.4 Å². The molecule has 3 aromatic heterocycles. The van der Waals surface area contributed by atoms with Crippen molar-refractivity contribution in [3.63, 3.8) is 0 Å². The molecule has 0 radical (unpaired) electrons. The highest BCUT2D eigenvalue weighted by Gasteiger charge is 2.43. The number of rotatable bonds is 3. The topological polar surface area (TPSA) is 95.7 Å². The van der Waals surface area contributed by atoms with Crippen LogP contribution in [0, 0.1) is 3.57 Å². The maximum atomic E-state index is 6.14. The third-order valence-electron chi connectivity index (χ3n) is 4.81. The van der Waals surface area contributed by atoms with Crippen molar-refractivity contribution < 1.29 is 4.52 Å². The van der Waals surface area contributed by atoms with Gasteiger partial charge in [0.1, 0.15) is 23.5 Å². The monoisotopic (exact) mass is 422 g/mol. The number of aromatic nitrogens is 5. The average molecular weight is 422 g/mol. The van der Waals surface area contributed by atoms with Gasteiger partial charge in [-0.3, -0.25) is 0 Å². The summed E-state index contributed by atoms with van der Waals surface area (Å²) >= 11 is 2.30. The number of halogens is 1. The van der Waals surface area contributed by atoms with Crippen molar-refractivity contribution in [1.29, 1.82) is 0 Å². The molecule has 3 aromatic rings. The fourth-order valence-corrected chi connectivity index (χ4v) is 3.84. The van der Waals surface area contributed by atoms with E-state index in [-0.39, 0.29) is 5.54 Å². The first-order chi connectivity index (χ1) is 11.1. The molecule has 2 aliphatic rings.